The molecule has 1 amide bonds. The zero-order valence-corrected chi connectivity index (χ0v) is 17.4. The normalized spacial score (nSPS) is 19.6. The highest BCUT2D eigenvalue weighted by Gasteiger charge is 2.47. The van der Waals surface area contributed by atoms with Gasteiger partial charge in [0.25, 0.3) is 5.91 Å². The van der Waals surface area contributed by atoms with Crippen LogP contribution in [0, 0.1) is 20.8 Å². The van der Waals surface area contributed by atoms with Crippen LogP contribution in [0.15, 0.2) is 16.5 Å². The summed E-state index contributed by atoms with van der Waals surface area (Å²) in [5.41, 5.74) is 3.59. The van der Waals surface area contributed by atoms with Crippen LogP contribution in [-0.4, -0.2) is 54.2 Å². The molecule has 2 fully saturated rings. The third kappa shape index (κ3) is 3.26. The predicted octanol–water partition coefficient (Wildman–Crippen LogP) is 4.06. The molecule has 4 rings (SSSR count). The Labute approximate surface area is 167 Å². The van der Waals surface area contributed by atoms with Gasteiger partial charge in [-0.1, -0.05) is 13.0 Å². The van der Waals surface area contributed by atoms with E-state index in [-0.39, 0.29) is 18.3 Å². The number of halogens is 1. The summed E-state index contributed by atoms with van der Waals surface area (Å²) < 4.78 is 12.2. The van der Waals surface area contributed by atoms with Crippen LogP contribution in [0.1, 0.15) is 47.0 Å². The van der Waals surface area contributed by atoms with Gasteiger partial charge in [0.05, 0.1) is 6.61 Å². The van der Waals surface area contributed by atoms with E-state index in [9.17, 15) is 4.79 Å². The van der Waals surface area contributed by atoms with E-state index in [0.717, 1.165) is 60.1 Å². The van der Waals surface area contributed by atoms with E-state index >= 15 is 0 Å². The van der Waals surface area contributed by atoms with Crippen molar-refractivity contribution in [3.63, 3.8) is 0 Å². The summed E-state index contributed by atoms with van der Waals surface area (Å²) in [4.78, 5) is 17.7. The molecule has 3 heterocycles. The average Bonchev–Trinajstić information content (AvgIpc) is 3.16. The van der Waals surface area contributed by atoms with Gasteiger partial charge in [-0.15, -0.1) is 12.4 Å². The van der Waals surface area contributed by atoms with Gasteiger partial charge in [0, 0.05) is 43.4 Å². The zero-order chi connectivity index (χ0) is 18.5. The Balaban J connectivity index is 0.00000210. The highest BCUT2D eigenvalue weighted by Crippen LogP contribution is 2.37. The summed E-state index contributed by atoms with van der Waals surface area (Å²) in [6.45, 7) is 12.5. The average molecular weight is 393 g/mol. The fourth-order valence-corrected chi connectivity index (χ4v) is 4.64. The van der Waals surface area contributed by atoms with E-state index in [0.29, 0.717) is 18.9 Å². The summed E-state index contributed by atoms with van der Waals surface area (Å²) in [6.07, 6.45) is 1.73. The van der Waals surface area contributed by atoms with Crippen molar-refractivity contribution < 1.29 is 13.9 Å². The summed E-state index contributed by atoms with van der Waals surface area (Å²) in [5.74, 6) is 0.440. The van der Waals surface area contributed by atoms with Gasteiger partial charge >= 0.3 is 0 Å². The monoisotopic (exact) mass is 392 g/mol. The Hall–Kier alpha value is -1.56. The molecule has 2 saturated heterocycles. The number of carbonyl (C=O) groups is 1. The Kier molecular flexibility index (Phi) is 5.57. The third-order valence-electron chi connectivity index (χ3n) is 6.07. The molecular formula is C21H29ClN2O3. The summed E-state index contributed by atoms with van der Waals surface area (Å²) in [5, 5.41) is 1.06. The van der Waals surface area contributed by atoms with Crippen LogP contribution in [0.5, 0.6) is 0 Å². The highest BCUT2D eigenvalue weighted by molar-refractivity contribution is 6.00. The second kappa shape index (κ2) is 7.46. The van der Waals surface area contributed by atoms with Crippen LogP contribution in [0.4, 0.5) is 0 Å². The Morgan fingerprint density at radius 3 is 2.52 bits per heavy atom. The predicted molar refractivity (Wildman–Crippen MR) is 109 cm³/mol. The zero-order valence-electron chi connectivity index (χ0n) is 16.6. The Morgan fingerprint density at radius 1 is 1.15 bits per heavy atom. The fourth-order valence-electron chi connectivity index (χ4n) is 4.64. The Bertz CT molecular complexity index is 853. The van der Waals surface area contributed by atoms with Gasteiger partial charge in [0.2, 0.25) is 0 Å². The van der Waals surface area contributed by atoms with Crippen molar-refractivity contribution in [3.05, 3.63) is 34.6 Å². The molecule has 2 aromatic rings. The van der Waals surface area contributed by atoms with E-state index < -0.39 is 5.72 Å². The molecule has 148 valence electrons. The van der Waals surface area contributed by atoms with Crippen LogP contribution in [0.2, 0.25) is 0 Å². The lowest BCUT2D eigenvalue weighted by molar-refractivity contribution is -0.105. The van der Waals surface area contributed by atoms with E-state index in [1.165, 1.54) is 0 Å². The number of piperidine rings is 1. The number of hydrogen-bond acceptors (Lipinski definition) is 4. The Morgan fingerprint density at radius 2 is 1.85 bits per heavy atom. The molecule has 0 saturated carbocycles. The maximum Gasteiger partial charge on any atom is 0.292 e. The molecule has 0 radical (unpaired) electrons. The molecule has 1 spiro atoms. The number of carbonyl (C=O) groups excluding carboxylic acids is 1. The number of ether oxygens (including phenoxy) is 1. The van der Waals surface area contributed by atoms with Crippen LogP contribution in [0.25, 0.3) is 11.0 Å². The maximum absolute atomic E-state index is 13.4. The van der Waals surface area contributed by atoms with Crippen LogP contribution >= 0.6 is 12.4 Å². The topological polar surface area (TPSA) is 45.9 Å². The SMILES string of the molecule is CCN1CCC2(CC1)OCCN2C(=O)c1oc2cc(C)cc(C)c2c1C.Cl. The lowest BCUT2D eigenvalue weighted by Crippen LogP contribution is -2.54. The molecule has 6 heteroatoms. The van der Waals surface area contributed by atoms with Crippen molar-refractivity contribution >= 4 is 29.3 Å². The third-order valence-corrected chi connectivity index (χ3v) is 6.07. The van der Waals surface area contributed by atoms with Gasteiger partial charge in [-0.05, 0) is 44.5 Å². The van der Waals surface area contributed by atoms with E-state index in [4.69, 9.17) is 9.15 Å². The molecule has 0 unspecified atom stereocenters. The molecule has 1 aromatic carbocycles. The van der Waals surface area contributed by atoms with Crippen molar-refractivity contribution in [3.8, 4) is 0 Å². The van der Waals surface area contributed by atoms with Crippen LogP contribution in [-0.2, 0) is 4.74 Å². The number of amides is 1. The van der Waals surface area contributed by atoms with Gasteiger partial charge < -0.3 is 19.0 Å². The number of fused-ring (bicyclic) bond motifs is 1. The first kappa shape index (κ1) is 20.2. The minimum atomic E-state index is -0.459. The van der Waals surface area contributed by atoms with Crippen molar-refractivity contribution in [2.45, 2.75) is 46.3 Å². The van der Waals surface area contributed by atoms with Gasteiger partial charge in [-0.2, -0.15) is 0 Å². The first-order valence-corrected chi connectivity index (χ1v) is 9.64. The number of rotatable bonds is 2. The number of benzene rings is 1. The number of likely N-dealkylation sites (tertiary alicyclic amines) is 1. The van der Waals surface area contributed by atoms with Crippen molar-refractivity contribution in [2.24, 2.45) is 0 Å². The van der Waals surface area contributed by atoms with Gasteiger partial charge in [-0.25, -0.2) is 0 Å². The van der Waals surface area contributed by atoms with E-state index in [1.54, 1.807) is 0 Å². The highest BCUT2D eigenvalue weighted by atomic mass is 35.5. The summed E-state index contributed by atoms with van der Waals surface area (Å²) in [7, 11) is 0. The summed E-state index contributed by atoms with van der Waals surface area (Å²) in [6, 6.07) is 4.15. The van der Waals surface area contributed by atoms with Gasteiger partial charge in [0.15, 0.2) is 5.76 Å². The standard InChI is InChI=1S/C21H28N2O3.ClH/c1-5-22-8-6-21(7-9-22)23(10-11-25-21)20(24)19-16(4)18-15(3)12-14(2)13-17(18)26-19;/h12-13H,5-11H2,1-4H3;1H. The van der Waals surface area contributed by atoms with Crippen molar-refractivity contribution in [1.29, 1.82) is 0 Å². The van der Waals surface area contributed by atoms with Gasteiger partial charge in [0.1, 0.15) is 11.3 Å². The molecule has 0 atom stereocenters. The minimum Gasteiger partial charge on any atom is -0.451 e. The first-order chi connectivity index (χ1) is 12.4. The molecule has 1 aromatic heterocycles. The molecule has 0 N–H and O–H groups in total. The first-order valence-electron chi connectivity index (χ1n) is 9.64. The molecular weight excluding hydrogens is 364 g/mol. The minimum absolute atomic E-state index is 0. The van der Waals surface area contributed by atoms with Gasteiger partial charge in [-0.3, -0.25) is 4.79 Å². The van der Waals surface area contributed by atoms with Crippen LogP contribution < -0.4 is 0 Å². The molecule has 2 aliphatic heterocycles. The quantitative estimate of drug-likeness (QED) is 0.773. The smallest absolute Gasteiger partial charge is 0.292 e. The molecule has 5 nitrogen and oxygen atoms in total. The second-order valence-electron chi connectivity index (χ2n) is 7.70. The van der Waals surface area contributed by atoms with Crippen LogP contribution in [0.3, 0.4) is 0 Å². The van der Waals surface area contributed by atoms with Crippen molar-refractivity contribution in [2.75, 3.05) is 32.8 Å². The molecule has 27 heavy (non-hydrogen) atoms. The maximum atomic E-state index is 13.4. The molecule has 0 aliphatic carbocycles. The second-order valence-corrected chi connectivity index (χ2v) is 7.70. The fraction of sp³-hybridized carbons (Fsp3) is 0.571. The number of hydrogen-bond donors (Lipinski definition) is 0. The van der Waals surface area contributed by atoms with Crippen molar-refractivity contribution in [1.82, 2.24) is 9.80 Å². The van der Waals surface area contributed by atoms with E-state index in [2.05, 4.69) is 31.7 Å². The molecule has 0 bridgehead atoms. The van der Waals surface area contributed by atoms with E-state index in [1.807, 2.05) is 17.9 Å². The number of furan rings is 1. The number of nitrogens with zero attached hydrogens (tertiary/aromatic N) is 2. The lowest BCUT2D eigenvalue weighted by atomic mass is 9.98. The number of aryl methyl sites for hydroxylation is 3. The summed E-state index contributed by atoms with van der Waals surface area (Å²) >= 11 is 0. The largest absolute Gasteiger partial charge is 0.451 e. The lowest BCUT2D eigenvalue weighted by Gasteiger charge is -2.43. The molecule has 2 aliphatic rings.